The lowest BCUT2D eigenvalue weighted by molar-refractivity contribution is -0.147. The van der Waals surface area contributed by atoms with Crippen LogP contribution in [0.4, 0.5) is 0 Å². The van der Waals surface area contributed by atoms with Crippen LogP contribution in [0.15, 0.2) is 0 Å². The third-order valence-corrected chi connectivity index (χ3v) is 5.38. The summed E-state index contributed by atoms with van der Waals surface area (Å²) in [6.45, 7) is 0.976. The number of ether oxygens (including phenoxy) is 1. The highest BCUT2D eigenvalue weighted by Crippen LogP contribution is 2.39. The van der Waals surface area contributed by atoms with Crippen molar-refractivity contribution < 1.29 is 17.9 Å². The number of piperidine rings is 1. The lowest BCUT2D eigenvalue weighted by Crippen LogP contribution is -2.47. The van der Waals surface area contributed by atoms with E-state index in [4.69, 9.17) is 4.74 Å². The minimum absolute atomic E-state index is 0.00224. The Hall–Kier alpha value is -0.660. The van der Waals surface area contributed by atoms with Crippen molar-refractivity contribution in [3.63, 3.8) is 0 Å². The van der Waals surface area contributed by atoms with Crippen LogP contribution in [-0.4, -0.2) is 68.7 Å². The average Bonchev–Trinajstić information content (AvgIpc) is 2.71. The van der Waals surface area contributed by atoms with Crippen LogP contribution in [-0.2, 0) is 19.6 Å². The molecule has 0 radical (unpaired) electrons. The van der Waals surface area contributed by atoms with Gasteiger partial charge in [-0.3, -0.25) is 4.79 Å². The fraction of sp³-hybridized carbons (Fsp3) is 0.917. The molecule has 2 fully saturated rings. The summed E-state index contributed by atoms with van der Waals surface area (Å²) in [5, 5.41) is 0. The van der Waals surface area contributed by atoms with Gasteiger partial charge in [0.05, 0.1) is 11.9 Å². The van der Waals surface area contributed by atoms with Crippen molar-refractivity contribution in [2.45, 2.75) is 37.4 Å². The molecular formula is C12H22N2O4S. The second-order valence-electron chi connectivity index (χ2n) is 5.72. The van der Waals surface area contributed by atoms with E-state index in [1.807, 2.05) is 0 Å². The van der Waals surface area contributed by atoms with Gasteiger partial charge in [-0.25, -0.2) is 12.7 Å². The maximum Gasteiger partial charge on any atom is 0.251 e. The number of hydrogen-bond donors (Lipinski definition) is 0. The fourth-order valence-corrected chi connectivity index (χ4v) is 3.71. The monoisotopic (exact) mass is 290 g/mol. The van der Waals surface area contributed by atoms with Crippen LogP contribution in [0, 0.1) is 0 Å². The molecule has 1 spiro atoms. The number of nitrogens with zero attached hydrogens (tertiary/aromatic N) is 2. The molecule has 110 valence electrons. The zero-order valence-corrected chi connectivity index (χ0v) is 12.6. The number of carbonyl (C=O) groups excluding carboxylic acids is 1. The smallest absolute Gasteiger partial charge is 0.251 e. The number of sulfonamides is 1. The Bertz CT molecular complexity index is 452. The Morgan fingerprint density at radius 1 is 1.26 bits per heavy atom. The maximum atomic E-state index is 11.9. The molecule has 19 heavy (non-hydrogen) atoms. The van der Waals surface area contributed by atoms with E-state index in [1.165, 1.54) is 10.6 Å². The standard InChI is InChI=1S/C12H22N2O4S/c1-13(2)11(15)10-4-5-12(18-10)6-8-14(9-7-12)19(3,16)17/h10H,4-9H2,1-3H3/t10-/m0/s1. The van der Waals surface area contributed by atoms with Gasteiger partial charge in [0.25, 0.3) is 5.91 Å². The van der Waals surface area contributed by atoms with Crippen LogP contribution in [0.1, 0.15) is 25.7 Å². The highest BCUT2D eigenvalue weighted by atomic mass is 32.2. The van der Waals surface area contributed by atoms with Gasteiger partial charge in [-0.05, 0) is 25.7 Å². The molecule has 0 aromatic rings. The summed E-state index contributed by atoms with van der Waals surface area (Å²) in [7, 11) is 0.338. The molecule has 0 saturated carbocycles. The number of amides is 1. The molecule has 0 bridgehead atoms. The molecule has 0 unspecified atom stereocenters. The molecule has 0 aromatic heterocycles. The molecule has 1 atom stereocenters. The maximum absolute atomic E-state index is 11.9. The fourth-order valence-electron chi connectivity index (χ4n) is 2.87. The van der Waals surface area contributed by atoms with Crippen LogP contribution in [0.25, 0.3) is 0 Å². The van der Waals surface area contributed by atoms with Gasteiger partial charge in [0.2, 0.25) is 10.0 Å². The first-order chi connectivity index (χ1) is 8.73. The summed E-state index contributed by atoms with van der Waals surface area (Å²) in [6, 6.07) is 0. The molecule has 1 amide bonds. The third kappa shape index (κ3) is 3.09. The van der Waals surface area contributed by atoms with E-state index in [9.17, 15) is 13.2 Å². The summed E-state index contributed by atoms with van der Waals surface area (Å²) < 4.78 is 30.4. The average molecular weight is 290 g/mol. The highest BCUT2D eigenvalue weighted by molar-refractivity contribution is 7.88. The number of hydrogen-bond acceptors (Lipinski definition) is 4. The molecule has 6 nitrogen and oxygen atoms in total. The van der Waals surface area contributed by atoms with Gasteiger partial charge in [-0.2, -0.15) is 0 Å². The van der Waals surface area contributed by atoms with Crippen molar-refractivity contribution in [1.29, 1.82) is 0 Å². The van der Waals surface area contributed by atoms with E-state index in [2.05, 4.69) is 0 Å². The van der Waals surface area contributed by atoms with Crippen LogP contribution in [0.2, 0.25) is 0 Å². The lowest BCUT2D eigenvalue weighted by atomic mass is 9.89. The first kappa shape index (κ1) is 14.7. The zero-order valence-electron chi connectivity index (χ0n) is 11.8. The van der Waals surface area contributed by atoms with Gasteiger partial charge >= 0.3 is 0 Å². The Morgan fingerprint density at radius 3 is 2.32 bits per heavy atom. The van der Waals surface area contributed by atoms with Crippen LogP contribution in [0.3, 0.4) is 0 Å². The topological polar surface area (TPSA) is 66.9 Å². The van der Waals surface area contributed by atoms with E-state index >= 15 is 0 Å². The normalized spacial score (nSPS) is 27.6. The van der Waals surface area contributed by atoms with Gasteiger partial charge in [0.1, 0.15) is 6.10 Å². The molecule has 2 heterocycles. The van der Waals surface area contributed by atoms with Crippen molar-refractivity contribution in [2.75, 3.05) is 33.4 Å². The first-order valence-corrected chi connectivity index (χ1v) is 8.42. The van der Waals surface area contributed by atoms with Gasteiger partial charge < -0.3 is 9.64 Å². The van der Waals surface area contributed by atoms with Crippen molar-refractivity contribution >= 4 is 15.9 Å². The summed E-state index contributed by atoms with van der Waals surface area (Å²) in [5.74, 6) is 0.00224. The van der Waals surface area contributed by atoms with Crippen molar-refractivity contribution in [3.8, 4) is 0 Å². The van der Waals surface area contributed by atoms with E-state index in [0.29, 0.717) is 25.9 Å². The molecule has 0 aliphatic carbocycles. The summed E-state index contributed by atoms with van der Waals surface area (Å²) in [4.78, 5) is 13.4. The van der Waals surface area contributed by atoms with E-state index in [-0.39, 0.29) is 17.6 Å². The molecule has 2 saturated heterocycles. The van der Waals surface area contributed by atoms with Gasteiger partial charge in [-0.1, -0.05) is 0 Å². The molecule has 0 N–H and O–H groups in total. The third-order valence-electron chi connectivity index (χ3n) is 4.07. The van der Waals surface area contributed by atoms with Gasteiger partial charge in [0.15, 0.2) is 0 Å². The van der Waals surface area contributed by atoms with Crippen molar-refractivity contribution in [3.05, 3.63) is 0 Å². The van der Waals surface area contributed by atoms with E-state index in [1.54, 1.807) is 19.0 Å². The van der Waals surface area contributed by atoms with Crippen LogP contribution < -0.4 is 0 Å². The Labute approximate surface area is 114 Å². The quantitative estimate of drug-likeness (QED) is 0.720. The van der Waals surface area contributed by atoms with E-state index < -0.39 is 10.0 Å². The van der Waals surface area contributed by atoms with Crippen molar-refractivity contribution in [1.82, 2.24) is 9.21 Å². The molecule has 7 heteroatoms. The summed E-state index contributed by atoms with van der Waals surface area (Å²) in [5.41, 5.74) is -0.294. The van der Waals surface area contributed by atoms with Crippen LogP contribution >= 0.6 is 0 Å². The minimum Gasteiger partial charge on any atom is -0.362 e. The highest BCUT2D eigenvalue weighted by Gasteiger charge is 2.45. The second-order valence-corrected chi connectivity index (χ2v) is 7.71. The second kappa shape index (κ2) is 5.03. The Kier molecular flexibility index (Phi) is 3.90. The number of rotatable bonds is 2. The largest absolute Gasteiger partial charge is 0.362 e. The Morgan fingerprint density at radius 2 is 1.84 bits per heavy atom. The van der Waals surface area contributed by atoms with Gasteiger partial charge in [0, 0.05) is 27.2 Å². The number of carbonyl (C=O) groups is 1. The molecule has 2 aliphatic rings. The molecule has 0 aromatic carbocycles. The molecule has 2 aliphatic heterocycles. The predicted octanol–water partition coefficient (Wildman–Crippen LogP) is 0.0478. The SMILES string of the molecule is CN(C)C(=O)[C@@H]1CCC2(CCN(S(C)(=O)=O)CC2)O1. The molecule has 2 rings (SSSR count). The summed E-state index contributed by atoms with van der Waals surface area (Å²) in [6.07, 6.45) is 3.80. The van der Waals surface area contributed by atoms with Crippen molar-refractivity contribution in [2.24, 2.45) is 0 Å². The van der Waals surface area contributed by atoms with E-state index in [0.717, 1.165) is 12.8 Å². The minimum atomic E-state index is -3.11. The zero-order chi connectivity index (χ0) is 14.3. The first-order valence-electron chi connectivity index (χ1n) is 6.58. The van der Waals surface area contributed by atoms with Crippen LogP contribution in [0.5, 0.6) is 0 Å². The van der Waals surface area contributed by atoms with Gasteiger partial charge in [-0.15, -0.1) is 0 Å². The lowest BCUT2D eigenvalue weighted by Gasteiger charge is -2.38. The number of likely N-dealkylation sites (N-methyl/N-ethyl adjacent to an activating group) is 1. The predicted molar refractivity (Wildman–Crippen MR) is 71.2 cm³/mol. The molecular weight excluding hydrogens is 268 g/mol. The Balaban J connectivity index is 1.96. The summed E-state index contributed by atoms with van der Waals surface area (Å²) >= 11 is 0.